The number of hydrogen-bond donors (Lipinski definition) is 1. The summed E-state index contributed by atoms with van der Waals surface area (Å²) in [5.41, 5.74) is 1.65. The number of thioether (sulfide) groups is 1. The van der Waals surface area contributed by atoms with Gasteiger partial charge in [-0.05, 0) is 36.8 Å². The molecule has 0 unspecified atom stereocenters. The lowest BCUT2D eigenvalue weighted by Gasteiger charge is -2.18. The molecule has 132 valence electrons. The third-order valence-corrected chi connectivity index (χ3v) is 5.05. The van der Waals surface area contributed by atoms with E-state index in [-0.39, 0.29) is 11.2 Å². The Kier molecular flexibility index (Phi) is 6.34. The number of hydrogen-bond acceptors (Lipinski definition) is 3. The Hall–Kier alpha value is -2.72. The molecule has 0 bridgehead atoms. The molecule has 26 heavy (non-hydrogen) atoms. The number of amides is 1. The zero-order valence-electron chi connectivity index (χ0n) is 14.6. The van der Waals surface area contributed by atoms with E-state index in [9.17, 15) is 4.79 Å². The number of benzene rings is 3. The molecular weight excluding hydrogens is 342 g/mol. The van der Waals surface area contributed by atoms with Crippen molar-refractivity contribution in [3.8, 4) is 5.75 Å². The van der Waals surface area contributed by atoms with Gasteiger partial charge in [0, 0.05) is 4.90 Å². The van der Waals surface area contributed by atoms with Gasteiger partial charge in [0.15, 0.2) is 0 Å². The second-order valence-electron chi connectivity index (χ2n) is 5.64. The van der Waals surface area contributed by atoms with Crippen molar-refractivity contribution in [3.63, 3.8) is 0 Å². The van der Waals surface area contributed by atoms with Crippen LogP contribution in [0.5, 0.6) is 5.75 Å². The molecule has 0 aliphatic carbocycles. The van der Waals surface area contributed by atoms with E-state index in [0.29, 0.717) is 18.0 Å². The van der Waals surface area contributed by atoms with Gasteiger partial charge in [-0.1, -0.05) is 60.7 Å². The molecule has 1 N–H and O–H groups in total. The number of ether oxygens (including phenoxy) is 1. The number of nitrogens with one attached hydrogen (secondary N) is 1. The number of carbonyl (C=O) groups excluding carboxylic acids is 1. The Morgan fingerprint density at radius 3 is 2.23 bits per heavy atom. The third kappa shape index (κ3) is 4.67. The van der Waals surface area contributed by atoms with E-state index in [1.54, 1.807) is 0 Å². The molecule has 1 amide bonds. The summed E-state index contributed by atoms with van der Waals surface area (Å²) < 4.78 is 5.62. The van der Waals surface area contributed by atoms with Crippen molar-refractivity contribution in [2.45, 2.75) is 17.1 Å². The minimum atomic E-state index is -0.353. The van der Waals surface area contributed by atoms with Gasteiger partial charge < -0.3 is 10.1 Å². The van der Waals surface area contributed by atoms with Crippen LogP contribution in [0.25, 0.3) is 0 Å². The Morgan fingerprint density at radius 2 is 1.54 bits per heavy atom. The minimum absolute atomic E-state index is 0.0720. The highest BCUT2D eigenvalue weighted by Gasteiger charge is 2.23. The van der Waals surface area contributed by atoms with Crippen LogP contribution in [0.3, 0.4) is 0 Å². The van der Waals surface area contributed by atoms with Gasteiger partial charge in [0.05, 0.1) is 12.3 Å². The zero-order chi connectivity index (χ0) is 18.2. The molecular formula is C22H21NO2S. The Morgan fingerprint density at radius 1 is 0.923 bits per heavy atom. The fourth-order valence-corrected chi connectivity index (χ4v) is 3.63. The largest absolute Gasteiger partial charge is 0.492 e. The number of para-hydroxylation sites is 2. The van der Waals surface area contributed by atoms with Crippen LogP contribution in [-0.2, 0) is 4.79 Å². The molecule has 0 radical (unpaired) electrons. The van der Waals surface area contributed by atoms with Gasteiger partial charge in [0.2, 0.25) is 5.91 Å². The summed E-state index contributed by atoms with van der Waals surface area (Å²) in [4.78, 5) is 14.1. The van der Waals surface area contributed by atoms with Crippen molar-refractivity contribution in [1.29, 1.82) is 0 Å². The lowest BCUT2D eigenvalue weighted by molar-refractivity contribution is -0.115. The molecule has 0 saturated heterocycles. The summed E-state index contributed by atoms with van der Waals surface area (Å²) >= 11 is 1.54. The summed E-state index contributed by atoms with van der Waals surface area (Å²) in [6, 6.07) is 27.3. The molecule has 3 aromatic rings. The van der Waals surface area contributed by atoms with E-state index in [2.05, 4.69) is 5.32 Å². The van der Waals surface area contributed by atoms with Crippen molar-refractivity contribution >= 4 is 23.4 Å². The molecule has 0 aliphatic rings. The SMILES string of the molecule is CCOc1ccccc1NC(=O)[C@H](Sc1ccccc1)c1ccccc1. The zero-order valence-corrected chi connectivity index (χ0v) is 15.4. The molecule has 0 heterocycles. The molecule has 0 aromatic heterocycles. The molecule has 0 fully saturated rings. The van der Waals surface area contributed by atoms with E-state index in [1.807, 2.05) is 91.9 Å². The summed E-state index contributed by atoms with van der Waals surface area (Å²) in [6.45, 7) is 2.48. The van der Waals surface area contributed by atoms with E-state index < -0.39 is 0 Å². The topological polar surface area (TPSA) is 38.3 Å². The summed E-state index contributed by atoms with van der Waals surface area (Å²) in [5.74, 6) is 0.608. The average Bonchev–Trinajstić information content (AvgIpc) is 2.69. The minimum Gasteiger partial charge on any atom is -0.492 e. The first-order chi connectivity index (χ1) is 12.8. The van der Waals surface area contributed by atoms with E-state index in [1.165, 1.54) is 11.8 Å². The van der Waals surface area contributed by atoms with Crippen LogP contribution in [0.15, 0.2) is 89.8 Å². The highest BCUT2D eigenvalue weighted by Crippen LogP contribution is 2.37. The number of rotatable bonds is 7. The lowest BCUT2D eigenvalue weighted by atomic mass is 10.1. The fraction of sp³-hybridized carbons (Fsp3) is 0.136. The maximum absolute atomic E-state index is 13.1. The fourth-order valence-electron chi connectivity index (χ4n) is 2.59. The Balaban J connectivity index is 1.86. The lowest BCUT2D eigenvalue weighted by Crippen LogP contribution is -2.19. The van der Waals surface area contributed by atoms with Gasteiger partial charge in [-0.2, -0.15) is 0 Å². The van der Waals surface area contributed by atoms with Crippen molar-refractivity contribution in [2.75, 3.05) is 11.9 Å². The van der Waals surface area contributed by atoms with Gasteiger partial charge >= 0.3 is 0 Å². The van der Waals surface area contributed by atoms with Crippen molar-refractivity contribution in [1.82, 2.24) is 0 Å². The van der Waals surface area contributed by atoms with Crippen LogP contribution < -0.4 is 10.1 Å². The monoisotopic (exact) mass is 363 g/mol. The van der Waals surface area contributed by atoms with Gasteiger partial charge in [-0.15, -0.1) is 11.8 Å². The third-order valence-electron chi connectivity index (χ3n) is 3.78. The molecule has 3 aromatic carbocycles. The predicted octanol–water partition coefficient (Wildman–Crippen LogP) is 5.56. The first kappa shape index (κ1) is 18.1. The number of anilines is 1. The average molecular weight is 363 g/mol. The van der Waals surface area contributed by atoms with Crippen LogP contribution in [0.2, 0.25) is 0 Å². The maximum atomic E-state index is 13.1. The van der Waals surface area contributed by atoms with E-state index >= 15 is 0 Å². The summed E-state index contributed by atoms with van der Waals surface area (Å²) in [6.07, 6.45) is 0. The van der Waals surface area contributed by atoms with E-state index in [0.717, 1.165) is 10.5 Å². The Labute approximate surface area is 158 Å². The van der Waals surface area contributed by atoms with Gasteiger partial charge in [0.25, 0.3) is 0 Å². The van der Waals surface area contributed by atoms with Crippen molar-refractivity contribution in [2.24, 2.45) is 0 Å². The summed E-state index contributed by atoms with van der Waals surface area (Å²) in [5, 5.41) is 2.68. The van der Waals surface area contributed by atoms with Crippen LogP contribution in [0.4, 0.5) is 5.69 Å². The normalized spacial score (nSPS) is 11.6. The molecule has 0 aliphatic heterocycles. The van der Waals surface area contributed by atoms with Crippen molar-refractivity contribution in [3.05, 3.63) is 90.5 Å². The van der Waals surface area contributed by atoms with Crippen LogP contribution in [-0.4, -0.2) is 12.5 Å². The highest BCUT2D eigenvalue weighted by molar-refractivity contribution is 8.00. The standard InChI is InChI=1S/C22H21NO2S/c1-2-25-20-16-10-9-15-19(20)23-22(24)21(17-11-5-3-6-12-17)26-18-13-7-4-8-14-18/h3-16,21H,2H2,1H3,(H,23,24)/t21-/m1/s1. The molecule has 0 spiro atoms. The first-order valence-electron chi connectivity index (χ1n) is 8.57. The number of carbonyl (C=O) groups is 1. The molecule has 0 saturated carbocycles. The quantitative estimate of drug-likeness (QED) is 0.559. The van der Waals surface area contributed by atoms with Crippen LogP contribution in [0.1, 0.15) is 17.7 Å². The molecule has 4 heteroatoms. The van der Waals surface area contributed by atoms with E-state index in [4.69, 9.17) is 4.74 Å². The van der Waals surface area contributed by atoms with Crippen LogP contribution >= 0.6 is 11.8 Å². The summed E-state index contributed by atoms with van der Waals surface area (Å²) in [7, 11) is 0. The van der Waals surface area contributed by atoms with Gasteiger partial charge in [-0.3, -0.25) is 4.79 Å². The highest BCUT2D eigenvalue weighted by atomic mass is 32.2. The molecule has 3 rings (SSSR count). The second-order valence-corrected chi connectivity index (χ2v) is 6.82. The Bertz CT molecular complexity index is 837. The molecule has 3 nitrogen and oxygen atoms in total. The van der Waals surface area contributed by atoms with Gasteiger partial charge in [0.1, 0.15) is 11.0 Å². The second kappa shape index (κ2) is 9.11. The van der Waals surface area contributed by atoms with Crippen molar-refractivity contribution < 1.29 is 9.53 Å². The van der Waals surface area contributed by atoms with Gasteiger partial charge in [-0.25, -0.2) is 0 Å². The van der Waals surface area contributed by atoms with Crippen LogP contribution in [0, 0.1) is 0 Å². The predicted molar refractivity (Wildman–Crippen MR) is 108 cm³/mol. The molecule has 1 atom stereocenters. The smallest absolute Gasteiger partial charge is 0.242 e. The maximum Gasteiger partial charge on any atom is 0.242 e. The first-order valence-corrected chi connectivity index (χ1v) is 9.45.